The number of rotatable bonds is 7. The zero-order valence-corrected chi connectivity index (χ0v) is 18.0. The highest BCUT2D eigenvalue weighted by Gasteiger charge is 2.50. The lowest BCUT2D eigenvalue weighted by Crippen LogP contribution is -2.66. The molecule has 2 saturated heterocycles. The fraction of sp³-hybridized carbons (Fsp3) is 0.261. The molecule has 3 N–H and O–H groups in total. The van der Waals surface area contributed by atoms with Crippen LogP contribution in [0.2, 0.25) is 0 Å². The van der Waals surface area contributed by atoms with Crippen molar-refractivity contribution in [1.82, 2.24) is 4.98 Å². The van der Waals surface area contributed by atoms with Gasteiger partial charge in [-0.15, -0.1) is 0 Å². The molecule has 2 aliphatic rings. The van der Waals surface area contributed by atoms with Gasteiger partial charge in [-0.3, -0.25) is 9.59 Å². The molecule has 9 heteroatoms. The number of nitrogens with one attached hydrogen (secondary N) is 2. The lowest BCUT2D eigenvalue weighted by Gasteiger charge is -2.54. The van der Waals surface area contributed by atoms with Crippen molar-refractivity contribution in [1.29, 1.82) is 0 Å². The number of benzene rings is 2. The molecule has 0 radical (unpaired) electrons. The largest absolute Gasteiger partial charge is 0.480 e. The topological polar surface area (TPSA) is 104 Å². The first-order chi connectivity index (χ1) is 15.5. The summed E-state index contributed by atoms with van der Waals surface area (Å²) in [4.78, 5) is 31.0. The van der Waals surface area contributed by atoms with E-state index in [4.69, 9.17) is 9.84 Å². The van der Waals surface area contributed by atoms with Crippen LogP contribution in [0.1, 0.15) is 9.67 Å². The van der Waals surface area contributed by atoms with Crippen LogP contribution in [0.15, 0.2) is 54.6 Å². The third-order valence-electron chi connectivity index (χ3n) is 5.62. The molecule has 32 heavy (non-hydrogen) atoms. The molecular formula is C23H22N4O4S. The number of hydrogen-bond donors (Lipinski definition) is 3. The summed E-state index contributed by atoms with van der Waals surface area (Å²) in [7, 11) is 0. The molecular weight excluding hydrogens is 428 g/mol. The minimum atomic E-state index is -1.02. The number of aromatic nitrogens is 1. The van der Waals surface area contributed by atoms with Gasteiger partial charge >= 0.3 is 5.97 Å². The van der Waals surface area contributed by atoms with Crippen LogP contribution in [0.25, 0.3) is 11.1 Å². The Bertz CT molecular complexity index is 1130. The Morgan fingerprint density at radius 2 is 1.75 bits per heavy atom. The van der Waals surface area contributed by atoms with Crippen molar-refractivity contribution < 1.29 is 19.4 Å². The number of carbonyl (C=O) groups is 2. The van der Waals surface area contributed by atoms with Crippen LogP contribution in [0, 0.1) is 5.41 Å². The van der Waals surface area contributed by atoms with E-state index in [0.717, 1.165) is 37.4 Å². The Kier molecular flexibility index (Phi) is 5.28. The molecule has 164 valence electrons. The van der Waals surface area contributed by atoms with Gasteiger partial charge in [0.2, 0.25) is 0 Å². The molecule has 5 rings (SSSR count). The standard InChI is InChI=1S/C23H22N4O4S/c28-18(29)10-24-20-19(32-22(26-20)27-11-23(12-27)13-31-14-23)21(30)25-17-8-6-16(7-9-17)15-4-2-1-3-5-15/h1-9,24H,10-14H2,(H,25,30)(H,28,29). The fourth-order valence-electron chi connectivity index (χ4n) is 3.91. The van der Waals surface area contributed by atoms with Crippen molar-refractivity contribution in [2.75, 3.05) is 48.4 Å². The number of nitrogens with zero attached hydrogens (tertiary/aromatic N) is 2. The minimum Gasteiger partial charge on any atom is -0.480 e. The minimum absolute atomic E-state index is 0.212. The zero-order valence-electron chi connectivity index (χ0n) is 17.2. The van der Waals surface area contributed by atoms with Gasteiger partial charge in [-0.25, -0.2) is 4.98 Å². The van der Waals surface area contributed by atoms with Crippen molar-refractivity contribution in [3.8, 4) is 11.1 Å². The second kappa shape index (κ2) is 8.25. The number of amides is 1. The highest BCUT2D eigenvalue weighted by molar-refractivity contribution is 7.18. The molecule has 1 spiro atoms. The van der Waals surface area contributed by atoms with Crippen LogP contribution in [0.5, 0.6) is 0 Å². The monoisotopic (exact) mass is 450 g/mol. The maximum Gasteiger partial charge on any atom is 0.322 e. The Morgan fingerprint density at radius 3 is 2.38 bits per heavy atom. The number of aliphatic carboxylic acids is 1. The Balaban J connectivity index is 1.32. The molecule has 2 fully saturated rings. The summed E-state index contributed by atoms with van der Waals surface area (Å²) in [5.41, 5.74) is 3.02. The van der Waals surface area contributed by atoms with Crippen LogP contribution < -0.4 is 15.5 Å². The quantitative estimate of drug-likeness (QED) is 0.507. The molecule has 0 saturated carbocycles. The van der Waals surface area contributed by atoms with Gasteiger partial charge in [0.1, 0.15) is 11.4 Å². The molecule has 1 aromatic heterocycles. The third kappa shape index (κ3) is 4.04. The summed E-state index contributed by atoms with van der Waals surface area (Å²) in [5.74, 6) is -1.05. The highest BCUT2D eigenvalue weighted by atomic mass is 32.1. The number of hydrogen-bond acceptors (Lipinski definition) is 7. The number of anilines is 3. The van der Waals surface area contributed by atoms with E-state index in [1.165, 1.54) is 11.3 Å². The molecule has 0 atom stereocenters. The number of ether oxygens (including phenoxy) is 1. The smallest absolute Gasteiger partial charge is 0.322 e. The molecule has 3 heterocycles. The van der Waals surface area contributed by atoms with Gasteiger partial charge in [0.05, 0.1) is 18.6 Å². The lowest BCUT2D eigenvalue weighted by atomic mass is 9.78. The van der Waals surface area contributed by atoms with E-state index in [-0.39, 0.29) is 23.7 Å². The lowest BCUT2D eigenvalue weighted by molar-refractivity contribution is -0.134. The summed E-state index contributed by atoms with van der Waals surface area (Å²) in [6.07, 6.45) is 0. The molecule has 2 aromatic carbocycles. The highest BCUT2D eigenvalue weighted by Crippen LogP contribution is 2.42. The van der Waals surface area contributed by atoms with Gasteiger partial charge in [0.15, 0.2) is 10.9 Å². The fourth-order valence-corrected chi connectivity index (χ4v) is 4.85. The van der Waals surface area contributed by atoms with E-state index >= 15 is 0 Å². The van der Waals surface area contributed by atoms with Gasteiger partial charge in [-0.2, -0.15) is 0 Å². The Hall–Kier alpha value is -3.43. The SMILES string of the molecule is O=C(O)CNc1nc(N2CC3(COC3)C2)sc1C(=O)Nc1ccc(-c2ccccc2)cc1. The average molecular weight is 451 g/mol. The predicted octanol–water partition coefficient (Wildman–Crippen LogP) is 3.40. The van der Waals surface area contributed by atoms with E-state index in [9.17, 15) is 9.59 Å². The Labute approximate surface area is 188 Å². The van der Waals surface area contributed by atoms with Crippen LogP contribution in [-0.2, 0) is 9.53 Å². The molecule has 2 aliphatic heterocycles. The summed E-state index contributed by atoms with van der Waals surface area (Å²) >= 11 is 1.26. The predicted molar refractivity (Wildman–Crippen MR) is 124 cm³/mol. The maximum absolute atomic E-state index is 13.0. The van der Waals surface area contributed by atoms with Gasteiger partial charge in [0.25, 0.3) is 5.91 Å². The second-order valence-electron chi connectivity index (χ2n) is 8.17. The van der Waals surface area contributed by atoms with Gasteiger partial charge < -0.3 is 25.4 Å². The maximum atomic E-state index is 13.0. The van der Waals surface area contributed by atoms with Crippen molar-refractivity contribution in [3.05, 3.63) is 59.5 Å². The van der Waals surface area contributed by atoms with Crippen LogP contribution >= 0.6 is 11.3 Å². The molecule has 1 amide bonds. The summed E-state index contributed by atoms with van der Waals surface area (Å²) in [6, 6.07) is 17.6. The van der Waals surface area contributed by atoms with Crippen molar-refractivity contribution in [3.63, 3.8) is 0 Å². The molecule has 3 aromatic rings. The number of carboxylic acids is 1. The van der Waals surface area contributed by atoms with Crippen LogP contribution in [0.4, 0.5) is 16.6 Å². The van der Waals surface area contributed by atoms with E-state index in [1.54, 1.807) is 0 Å². The van der Waals surface area contributed by atoms with Crippen LogP contribution in [-0.4, -0.2) is 54.8 Å². The summed E-state index contributed by atoms with van der Waals surface area (Å²) < 4.78 is 5.31. The number of thiazole rings is 1. The molecule has 0 unspecified atom stereocenters. The van der Waals surface area contributed by atoms with Crippen LogP contribution in [0.3, 0.4) is 0 Å². The average Bonchev–Trinajstić information content (AvgIpc) is 3.15. The van der Waals surface area contributed by atoms with Gasteiger partial charge in [-0.1, -0.05) is 53.8 Å². The molecule has 0 aliphatic carbocycles. The number of carbonyl (C=O) groups excluding carboxylic acids is 1. The summed E-state index contributed by atoms with van der Waals surface area (Å²) in [6.45, 7) is 2.87. The second-order valence-corrected chi connectivity index (χ2v) is 9.15. The van der Waals surface area contributed by atoms with E-state index in [2.05, 4.69) is 20.5 Å². The summed E-state index contributed by atoms with van der Waals surface area (Å²) in [5, 5.41) is 15.4. The van der Waals surface area contributed by atoms with Crippen molar-refractivity contribution >= 4 is 39.9 Å². The van der Waals surface area contributed by atoms with E-state index in [1.807, 2.05) is 54.6 Å². The third-order valence-corrected chi connectivity index (χ3v) is 6.73. The van der Waals surface area contributed by atoms with Crippen molar-refractivity contribution in [2.45, 2.75) is 0 Å². The molecule has 8 nitrogen and oxygen atoms in total. The molecule has 0 bridgehead atoms. The van der Waals surface area contributed by atoms with Gasteiger partial charge in [0, 0.05) is 18.8 Å². The van der Waals surface area contributed by atoms with Crippen molar-refractivity contribution in [2.24, 2.45) is 5.41 Å². The normalized spacial score (nSPS) is 16.2. The van der Waals surface area contributed by atoms with Gasteiger partial charge in [-0.05, 0) is 23.3 Å². The van der Waals surface area contributed by atoms with E-state index in [0.29, 0.717) is 15.7 Å². The zero-order chi connectivity index (χ0) is 22.1. The Morgan fingerprint density at radius 1 is 1.06 bits per heavy atom. The number of carboxylic acid groups (broad SMARTS) is 1. The first-order valence-corrected chi connectivity index (χ1v) is 11.1. The van der Waals surface area contributed by atoms with E-state index < -0.39 is 5.97 Å². The first-order valence-electron chi connectivity index (χ1n) is 10.3. The first kappa shape index (κ1) is 20.5.